The van der Waals surface area contributed by atoms with Gasteiger partial charge in [-0.3, -0.25) is 38.5 Å². The summed E-state index contributed by atoms with van der Waals surface area (Å²) in [7, 11) is 3.23. The molecule has 0 radical (unpaired) electrons. The number of amides is 6. The Morgan fingerprint density at radius 2 is 1.28 bits per heavy atom. The smallest absolute Gasteiger partial charge is 0.302 e. The first-order valence-corrected chi connectivity index (χ1v) is 16.7. The van der Waals surface area contributed by atoms with Gasteiger partial charge in [0.05, 0.1) is 19.6 Å². The molecule has 1 aliphatic rings. The molecule has 1 rings (SSSR count). The van der Waals surface area contributed by atoms with Crippen molar-refractivity contribution in [1.29, 1.82) is 0 Å². The molecule has 1 atom stereocenters. The highest BCUT2D eigenvalue weighted by molar-refractivity contribution is 8.76. The normalized spacial score (nSPS) is 12.7. The van der Waals surface area contributed by atoms with Crippen molar-refractivity contribution in [3.05, 3.63) is 12.2 Å². The van der Waals surface area contributed by atoms with Crippen molar-refractivity contribution in [2.75, 3.05) is 45.1 Å². The number of nitrogens with one attached hydrogen (secondary N) is 4. The van der Waals surface area contributed by atoms with Crippen LogP contribution < -0.4 is 21.3 Å². The van der Waals surface area contributed by atoms with E-state index in [0.29, 0.717) is 39.0 Å². The number of hydrogen-bond acceptors (Lipinski definition) is 10. The molecule has 1 unspecified atom stereocenters. The van der Waals surface area contributed by atoms with E-state index in [0.717, 1.165) is 23.0 Å². The highest BCUT2D eigenvalue weighted by atomic mass is 33.1. The molecule has 1 heterocycles. The fraction of sp³-hybridized carbons (Fsp3) is 0.679. The molecule has 0 spiro atoms. The molecule has 0 fully saturated rings. The van der Waals surface area contributed by atoms with Crippen molar-refractivity contribution in [1.82, 2.24) is 26.2 Å². The number of imide groups is 1. The highest BCUT2D eigenvalue weighted by Gasteiger charge is 2.22. The Labute approximate surface area is 262 Å². The molecule has 0 saturated heterocycles. The Balaban J connectivity index is 0.00000413. The topological polar surface area (TPSA) is 180 Å². The first-order chi connectivity index (χ1) is 20.3. The summed E-state index contributed by atoms with van der Waals surface area (Å²) in [6.07, 6.45) is 5.14. The number of nitrogens with zero attached hydrogens (tertiary/aromatic N) is 1. The molecule has 0 saturated carbocycles. The average Bonchev–Trinajstić information content (AvgIpc) is 3.26. The number of rotatable bonds is 20. The summed E-state index contributed by atoms with van der Waals surface area (Å²) in [4.78, 5) is 82.1. The van der Waals surface area contributed by atoms with Gasteiger partial charge in [-0.1, -0.05) is 48.8 Å². The zero-order chi connectivity index (χ0) is 32.6. The third-order valence-electron chi connectivity index (χ3n) is 5.00. The van der Waals surface area contributed by atoms with E-state index in [2.05, 4.69) is 42.0 Å². The lowest BCUT2D eigenvalue weighted by Gasteiger charge is -2.13. The molecule has 13 nitrogen and oxygen atoms in total. The van der Waals surface area contributed by atoms with Gasteiger partial charge in [0.25, 0.3) is 11.8 Å². The largest absolute Gasteiger partial charge is 0.465 e. The number of hydrogen-bond donors (Lipinski definition) is 4. The maximum absolute atomic E-state index is 11.8. The van der Waals surface area contributed by atoms with Crippen LogP contribution in [0.3, 0.4) is 0 Å². The van der Waals surface area contributed by atoms with E-state index in [9.17, 15) is 33.6 Å². The monoisotopic (exact) mass is 645 g/mol. The van der Waals surface area contributed by atoms with Crippen LogP contribution in [0.15, 0.2) is 12.2 Å². The van der Waals surface area contributed by atoms with Crippen molar-refractivity contribution in [3.63, 3.8) is 0 Å². The highest BCUT2D eigenvalue weighted by Crippen LogP contribution is 2.27. The van der Waals surface area contributed by atoms with Crippen molar-refractivity contribution in [2.45, 2.75) is 72.0 Å². The van der Waals surface area contributed by atoms with E-state index in [1.54, 1.807) is 21.6 Å². The number of ether oxygens (including phenoxy) is 1. The predicted octanol–water partition coefficient (Wildman–Crippen LogP) is 1.32. The minimum absolute atomic E-state index is 0.169. The van der Waals surface area contributed by atoms with Crippen LogP contribution in [0.4, 0.5) is 0 Å². The quantitative estimate of drug-likeness (QED) is 0.0653. The van der Waals surface area contributed by atoms with Gasteiger partial charge in [-0.15, -0.1) is 0 Å². The van der Waals surface area contributed by atoms with Crippen LogP contribution in [0, 0.1) is 5.92 Å². The Morgan fingerprint density at radius 1 is 0.767 bits per heavy atom. The third kappa shape index (κ3) is 24.1. The molecule has 6 amide bonds. The fourth-order valence-corrected chi connectivity index (χ4v) is 5.20. The van der Waals surface area contributed by atoms with Gasteiger partial charge in [-0.05, 0) is 32.1 Å². The minimum atomic E-state index is -0.543. The van der Waals surface area contributed by atoms with Crippen molar-refractivity contribution in [3.8, 4) is 0 Å². The first kappa shape index (κ1) is 39.9. The van der Waals surface area contributed by atoms with Gasteiger partial charge in [0, 0.05) is 49.6 Å². The van der Waals surface area contributed by atoms with Crippen LogP contribution in [0.1, 0.15) is 66.7 Å². The second-order valence-electron chi connectivity index (χ2n) is 10.3. The van der Waals surface area contributed by atoms with Gasteiger partial charge in [0.1, 0.15) is 6.61 Å². The summed E-state index contributed by atoms with van der Waals surface area (Å²) < 4.78 is 4.93. The van der Waals surface area contributed by atoms with E-state index < -0.39 is 11.8 Å². The van der Waals surface area contributed by atoms with Crippen LogP contribution >= 0.6 is 21.6 Å². The minimum Gasteiger partial charge on any atom is -0.465 e. The lowest BCUT2D eigenvalue weighted by molar-refractivity contribution is -0.141. The summed E-state index contributed by atoms with van der Waals surface area (Å²) in [5, 5.41) is 10.1. The van der Waals surface area contributed by atoms with Crippen molar-refractivity contribution in [2.24, 2.45) is 5.92 Å². The molecule has 0 aromatic rings. The SMILES string of the molecule is CC(=O)OCC(C)SSCCCNC(=O)CNC(=O)CNC(=O)CNC(=O)CCCCCN1C(=O)C=CC1=O.CC(C)C. The van der Waals surface area contributed by atoms with E-state index >= 15 is 0 Å². The average molecular weight is 646 g/mol. The molecule has 15 heteroatoms. The van der Waals surface area contributed by atoms with Gasteiger partial charge in [-0.2, -0.15) is 0 Å². The van der Waals surface area contributed by atoms with Crippen LogP contribution in [0.5, 0.6) is 0 Å². The Kier molecular flexibility index (Phi) is 22.6. The molecule has 0 aliphatic carbocycles. The zero-order valence-electron chi connectivity index (χ0n) is 25.8. The molecular formula is C28H47N5O8S2. The Morgan fingerprint density at radius 3 is 1.81 bits per heavy atom. The van der Waals surface area contributed by atoms with E-state index in [-0.39, 0.29) is 60.9 Å². The first-order valence-electron chi connectivity index (χ1n) is 14.3. The molecule has 1 aliphatic heterocycles. The zero-order valence-corrected chi connectivity index (χ0v) is 27.5. The molecule has 0 aromatic carbocycles. The van der Waals surface area contributed by atoms with Gasteiger partial charge in [-0.25, -0.2) is 0 Å². The molecule has 244 valence electrons. The third-order valence-corrected chi connectivity index (χ3v) is 7.95. The van der Waals surface area contributed by atoms with Gasteiger partial charge in [0.15, 0.2) is 0 Å². The van der Waals surface area contributed by atoms with E-state index in [4.69, 9.17) is 4.74 Å². The van der Waals surface area contributed by atoms with Crippen LogP contribution in [-0.4, -0.2) is 96.6 Å². The van der Waals surface area contributed by atoms with E-state index in [1.807, 2.05) is 6.92 Å². The van der Waals surface area contributed by atoms with Crippen molar-refractivity contribution < 1.29 is 38.3 Å². The summed E-state index contributed by atoms with van der Waals surface area (Å²) in [6.45, 7) is 10.1. The van der Waals surface area contributed by atoms with Gasteiger partial charge in [0.2, 0.25) is 23.6 Å². The Bertz CT molecular complexity index is 941. The molecule has 43 heavy (non-hydrogen) atoms. The van der Waals surface area contributed by atoms with Crippen LogP contribution in [0.25, 0.3) is 0 Å². The second-order valence-corrected chi connectivity index (χ2v) is 13.2. The van der Waals surface area contributed by atoms with Gasteiger partial charge < -0.3 is 26.0 Å². The summed E-state index contributed by atoms with van der Waals surface area (Å²) in [5.41, 5.74) is 0. The number of esters is 1. The molecule has 0 aromatic heterocycles. The Hall–Kier alpha value is -3.07. The lowest BCUT2D eigenvalue weighted by atomic mass is 10.2. The second kappa shape index (κ2) is 24.4. The predicted molar refractivity (Wildman–Crippen MR) is 168 cm³/mol. The van der Waals surface area contributed by atoms with E-state index in [1.165, 1.54) is 19.1 Å². The molecular weight excluding hydrogens is 598 g/mol. The van der Waals surface area contributed by atoms with Crippen LogP contribution in [-0.2, 0) is 38.3 Å². The number of carbonyl (C=O) groups is 7. The molecule has 0 bridgehead atoms. The summed E-state index contributed by atoms with van der Waals surface area (Å²) >= 11 is 0. The van der Waals surface area contributed by atoms with Crippen LogP contribution in [0.2, 0.25) is 0 Å². The van der Waals surface area contributed by atoms with Crippen molar-refractivity contribution >= 4 is 63.0 Å². The summed E-state index contributed by atoms with van der Waals surface area (Å²) in [5.74, 6) is -1.09. The fourth-order valence-electron chi connectivity index (χ4n) is 2.98. The number of carbonyl (C=O) groups excluding carboxylic acids is 7. The van der Waals surface area contributed by atoms with Gasteiger partial charge >= 0.3 is 5.97 Å². The maximum Gasteiger partial charge on any atom is 0.302 e. The standard InChI is InChI=1S/C24H37N5O8S2.C4H10/c1-17(16-37-18(2)30)39-38-12-6-10-25-20(32)13-27-22(34)15-28-21(33)14-26-19(31)7-4-3-5-11-29-23(35)8-9-24(29)36;1-4(2)3/h8-9,17H,3-7,10-16H2,1-2H3,(H,25,32)(H,26,31)(H,27,34)(H,28,33);4H,1-3H3. The number of unbranched alkanes of at least 4 members (excludes halogenated alkanes) is 2. The lowest BCUT2D eigenvalue weighted by Crippen LogP contribution is -2.44. The maximum atomic E-state index is 11.8. The summed E-state index contributed by atoms with van der Waals surface area (Å²) in [6, 6.07) is 0. The molecule has 4 N–H and O–H groups in total.